The first kappa shape index (κ1) is 32.1. The van der Waals surface area contributed by atoms with E-state index < -0.39 is 12.1 Å². The van der Waals surface area contributed by atoms with Crippen LogP contribution in [0.3, 0.4) is 0 Å². The predicted octanol–water partition coefficient (Wildman–Crippen LogP) is 4.56. The highest BCUT2D eigenvalue weighted by molar-refractivity contribution is 7.98. The number of thioether (sulfide) groups is 1. The minimum absolute atomic E-state index is 0.132. The summed E-state index contributed by atoms with van der Waals surface area (Å²) in [6, 6.07) is 6.07. The van der Waals surface area contributed by atoms with E-state index in [4.69, 9.17) is 14.2 Å². The second-order valence-corrected chi connectivity index (χ2v) is 11.5. The molecule has 3 N–H and O–H groups in total. The lowest BCUT2D eigenvalue weighted by Crippen LogP contribution is -2.41. The first-order chi connectivity index (χ1) is 19.6. The van der Waals surface area contributed by atoms with E-state index in [9.17, 15) is 14.4 Å². The molecule has 224 valence electrons. The van der Waals surface area contributed by atoms with Crippen molar-refractivity contribution in [3.8, 4) is 28.4 Å². The molecule has 41 heavy (non-hydrogen) atoms. The van der Waals surface area contributed by atoms with E-state index in [2.05, 4.69) is 29.8 Å². The number of ether oxygens (including phenoxy) is 3. The first-order valence-electron chi connectivity index (χ1n) is 14.0. The summed E-state index contributed by atoms with van der Waals surface area (Å²) in [7, 11) is 4.69. The molecule has 1 aliphatic carbocycles. The van der Waals surface area contributed by atoms with E-state index >= 15 is 0 Å². The van der Waals surface area contributed by atoms with Crippen LogP contribution in [0.4, 0.5) is 5.69 Å². The van der Waals surface area contributed by atoms with Crippen molar-refractivity contribution in [2.75, 3.05) is 45.2 Å². The molecule has 0 spiro atoms. The van der Waals surface area contributed by atoms with Gasteiger partial charge in [0.05, 0.1) is 33.1 Å². The molecule has 0 heterocycles. The Kier molecular flexibility index (Phi) is 11.8. The number of carbonyl (C=O) groups is 2. The summed E-state index contributed by atoms with van der Waals surface area (Å²) in [5, 5.41) is 9.26. The zero-order chi connectivity index (χ0) is 30.1. The molecule has 0 radical (unpaired) electrons. The third kappa shape index (κ3) is 7.87. The summed E-state index contributed by atoms with van der Waals surface area (Å²) in [6.45, 7) is 6.27. The van der Waals surface area contributed by atoms with Crippen molar-refractivity contribution >= 4 is 29.3 Å². The molecule has 2 aromatic rings. The van der Waals surface area contributed by atoms with Crippen LogP contribution < -0.4 is 35.6 Å². The van der Waals surface area contributed by atoms with E-state index in [-0.39, 0.29) is 17.2 Å². The molecule has 9 nitrogen and oxygen atoms in total. The lowest BCUT2D eigenvalue weighted by Gasteiger charge is -2.19. The van der Waals surface area contributed by atoms with Crippen LogP contribution in [0, 0.1) is 5.92 Å². The molecule has 2 amide bonds. The van der Waals surface area contributed by atoms with Gasteiger partial charge in [0.2, 0.25) is 23.0 Å². The monoisotopic (exact) mass is 585 g/mol. The molecule has 3 rings (SSSR count). The fourth-order valence-corrected chi connectivity index (χ4v) is 5.60. The highest BCUT2D eigenvalue weighted by atomic mass is 32.2. The van der Waals surface area contributed by atoms with Crippen molar-refractivity contribution in [2.45, 2.75) is 58.5 Å². The topological polar surface area (TPSA) is 115 Å². The van der Waals surface area contributed by atoms with Gasteiger partial charge in [0.25, 0.3) is 0 Å². The van der Waals surface area contributed by atoms with Gasteiger partial charge in [-0.3, -0.25) is 14.4 Å². The van der Waals surface area contributed by atoms with Gasteiger partial charge in [0, 0.05) is 19.0 Å². The number of anilines is 1. The third-order valence-corrected chi connectivity index (χ3v) is 7.84. The summed E-state index contributed by atoms with van der Waals surface area (Å²) in [4.78, 5) is 39.0. The van der Waals surface area contributed by atoms with Crippen molar-refractivity contribution in [1.82, 2.24) is 10.6 Å². The standard InChI is InChI=1S/C31H43N3O6S/c1-18(2)12-14-32-31(37)25(13-15-41-7)34-24-11-9-21-22(17-26(24)36)23(33-19(3)35)10-8-20-16-27(38-4)29(39-5)30(40-6)28(20)21/h9,11,16-18,23,25H,8,10,12-15H2,1-7H3,(H,32,37)(H,33,35)(H,34,36). The fraction of sp³-hybridized carbons (Fsp3) is 0.516. The molecule has 0 saturated carbocycles. The second kappa shape index (κ2) is 15.0. The summed E-state index contributed by atoms with van der Waals surface area (Å²) in [5.74, 6) is 2.38. The average molecular weight is 586 g/mol. The average Bonchev–Trinajstić information content (AvgIpc) is 3.18. The van der Waals surface area contributed by atoms with E-state index in [1.807, 2.05) is 18.4 Å². The number of methoxy groups -OCH3 is 3. The van der Waals surface area contributed by atoms with Gasteiger partial charge in [-0.25, -0.2) is 0 Å². The van der Waals surface area contributed by atoms with Gasteiger partial charge in [-0.2, -0.15) is 11.8 Å². The zero-order valence-corrected chi connectivity index (χ0v) is 26.0. The molecule has 0 aromatic heterocycles. The van der Waals surface area contributed by atoms with E-state index in [1.165, 1.54) is 6.92 Å². The van der Waals surface area contributed by atoms with Crippen LogP contribution in [0.25, 0.3) is 11.1 Å². The van der Waals surface area contributed by atoms with Crippen LogP contribution >= 0.6 is 11.8 Å². The Hall–Kier alpha value is -3.40. The number of aryl methyl sites for hydroxylation is 1. The Morgan fingerprint density at radius 3 is 2.39 bits per heavy atom. The van der Waals surface area contributed by atoms with Crippen LogP contribution in [0.15, 0.2) is 29.1 Å². The maximum Gasteiger partial charge on any atom is 0.242 e. The van der Waals surface area contributed by atoms with Crippen molar-refractivity contribution in [3.63, 3.8) is 0 Å². The Morgan fingerprint density at radius 2 is 1.78 bits per heavy atom. The van der Waals surface area contributed by atoms with Crippen LogP contribution in [0.1, 0.15) is 57.2 Å². The Balaban J connectivity index is 2.16. The molecule has 0 aliphatic heterocycles. The minimum atomic E-state index is -0.568. The quantitative estimate of drug-likeness (QED) is 0.314. The highest BCUT2D eigenvalue weighted by Gasteiger charge is 2.30. The van der Waals surface area contributed by atoms with Gasteiger partial charge in [-0.1, -0.05) is 19.9 Å². The van der Waals surface area contributed by atoms with Crippen molar-refractivity contribution in [1.29, 1.82) is 0 Å². The number of rotatable bonds is 13. The predicted molar refractivity (Wildman–Crippen MR) is 166 cm³/mol. The number of hydrogen-bond acceptors (Lipinski definition) is 8. The molecular weight excluding hydrogens is 542 g/mol. The maximum absolute atomic E-state index is 13.7. The number of amides is 2. The normalized spacial score (nSPS) is 14.7. The largest absolute Gasteiger partial charge is 0.493 e. The van der Waals surface area contributed by atoms with Crippen LogP contribution in [0.2, 0.25) is 0 Å². The summed E-state index contributed by atoms with van der Waals surface area (Å²) < 4.78 is 17.1. The fourth-order valence-electron chi connectivity index (χ4n) is 5.13. The van der Waals surface area contributed by atoms with Crippen molar-refractivity contribution < 1.29 is 23.8 Å². The Bertz CT molecular complexity index is 1300. The molecular formula is C31H43N3O6S. The molecule has 1 aliphatic rings. The maximum atomic E-state index is 13.7. The highest BCUT2D eigenvalue weighted by Crippen LogP contribution is 2.50. The van der Waals surface area contributed by atoms with E-state index in [1.54, 1.807) is 45.2 Å². The number of hydrogen-bond donors (Lipinski definition) is 3. The van der Waals surface area contributed by atoms with Crippen LogP contribution in [-0.4, -0.2) is 57.7 Å². The van der Waals surface area contributed by atoms with Crippen LogP contribution in [-0.2, 0) is 16.0 Å². The van der Waals surface area contributed by atoms with Crippen molar-refractivity contribution in [3.05, 3.63) is 45.6 Å². The molecule has 0 bridgehead atoms. The smallest absolute Gasteiger partial charge is 0.242 e. The van der Waals surface area contributed by atoms with Gasteiger partial charge in [-0.15, -0.1) is 0 Å². The molecule has 0 saturated heterocycles. The molecule has 2 unspecified atom stereocenters. The molecule has 2 atom stereocenters. The number of benzene rings is 1. The first-order valence-corrected chi connectivity index (χ1v) is 15.3. The lowest BCUT2D eigenvalue weighted by atomic mass is 9.95. The van der Waals surface area contributed by atoms with Gasteiger partial charge < -0.3 is 30.2 Å². The molecule has 10 heteroatoms. The summed E-state index contributed by atoms with van der Waals surface area (Å²) in [6.07, 6.45) is 4.61. The lowest BCUT2D eigenvalue weighted by molar-refractivity contribution is -0.122. The van der Waals surface area contributed by atoms with E-state index in [0.29, 0.717) is 60.2 Å². The zero-order valence-electron chi connectivity index (χ0n) is 25.1. The summed E-state index contributed by atoms with van der Waals surface area (Å²) in [5.41, 5.74) is 3.18. The van der Waals surface area contributed by atoms with Gasteiger partial charge in [-0.05, 0) is 78.5 Å². The number of fused-ring (bicyclic) bond motifs is 3. The van der Waals surface area contributed by atoms with Crippen LogP contribution in [0.5, 0.6) is 17.2 Å². The SMILES string of the molecule is COc1cc2c(c(OC)c1OC)-c1ccc(NC(CCSC)C(=O)NCCC(C)C)c(=O)cc1C(NC(C)=O)CC2. The van der Waals surface area contributed by atoms with Gasteiger partial charge in [0.1, 0.15) is 6.04 Å². The third-order valence-electron chi connectivity index (χ3n) is 7.19. The number of carbonyl (C=O) groups excluding carboxylic acids is 2. The minimum Gasteiger partial charge on any atom is -0.493 e. The van der Waals surface area contributed by atoms with Gasteiger partial charge in [0.15, 0.2) is 11.5 Å². The Labute approximate surface area is 247 Å². The van der Waals surface area contributed by atoms with Gasteiger partial charge >= 0.3 is 0 Å². The summed E-state index contributed by atoms with van der Waals surface area (Å²) >= 11 is 1.65. The molecule has 2 aromatic carbocycles. The second-order valence-electron chi connectivity index (χ2n) is 10.5. The van der Waals surface area contributed by atoms with Crippen molar-refractivity contribution in [2.24, 2.45) is 5.92 Å². The Morgan fingerprint density at radius 1 is 1.05 bits per heavy atom. The van der Waals surface area contributed by atoms with E-state index in [0.717, 1.165) is 28.9 Å². The number of nitrogens with one attached hydrogen (secondary N) is 3. The molecule has 0 fully saturated rings.